The molecule has 0 aliphatic rings. The summed E-state index contributed by atoms with van der Waals surface area (Å²) >= 11 is 0. The van der Waals surface area contributed by atoms with Gasteiger partial charge in [0.25, 0.3) is 0 Å². The quantitative estimate of drug-likeness (QED) is 0.780. The van der Waals surface area contributed by atoms with Gasteiger partial charge in [0.1, 0.15) is 11.3 Å². The van der Waals surface area contributed by atoms with Crippen molar-refractivity contribution in [2.45, 2.75) is 39.7 Å². The molecule has 0 aliphatic carbocycles. The zero-order valence-corrected chi connectivity index (χ0v) is 13.1. The average molecular weight is 279 g/mol. The van der Waals surface area contributed by atoms with Crippen molar-refractivity contribution in [1.82, 2.24) is 4.90 Å². The van der Waals surface area contributed by atoms with E-state index in [1.807, 2.05) is 37.9 Å². The van der Waals surface area contributed by atoms with Crippen LogP contribution in [0.3, 0.4) is 0 Å². The number of aryl methyl sites for hydroxylation is 2. The predicted molar refractivity (Wildman–Crippen MR) is 80.4 cm³/mol. The zero-order chi connectivity index (χ0) is 15.3. The molecule has 0 spiro atoms. The molecule has 0 aromatic heterocycles. The summed E-state index contributed by atoms with van der Waals surface area (Å²) in [5, 5.41) is 9.14. The molecule has 0 aliphatic heterocycles. The third kappa shape index (κ3) is 4.23. The van der Waals surface area contributed by atoms with Gasteiger partial charge in [-0.05, 0) is 58.4 Å². The van der Waals surface area contributed by atoms with Gasteiger partial charge in [0.15, 0.2) is 0 Å². The average Bonchev–Trinajstić information content (AvgIpc) is 2.37. The van der Waals surface area contributed by atoms with Crippen LogP contribution in [0.15, 0.2) is 18.2 Å². The van der Waals surface area contributed by atoms with Gasteiger partial charge in [-0.3, -0.25) is 9.69 Å². The number of carboxylic acid groups (broad SMARTS) is 1. The Bertz CT molecular complexity index is 469. The summed E-state index contributed by atoms with van der Waals surface area (Å²) in [6.07, 6.45) is 0.792. The number of nitrogens with zero attached hydrogens (tertiary/aromatic N) is 1. The first kappa shape index (κ1) is 16.5. The van der Waals surface area contributed by atoms with Crippen molar-refractivity contribution in [3.05, 3.63) is 29.3 Å². The molecule has 0 heterocycles. The third-order valence-electron chi connectivity index (χ3n) is 3.72. The lowest BCUT2D eigenvalue weighted by Crippen LogP contribution is -2.48. The Hall–Kier alpha value is -1.55. The Morgan fingerprint density at radius 2 is 2.00 bits per heavy atom. The summed E-state index contributed by atoms with van der Waals surface area (Å²) in [5.41, 5.74) is 1.45. The van der Waals surface area contributed by atoms with Crippen LogP contribution in [-0.4, -0.2) is 41.7 Å². The molecule has 1 N–H and O–H groups in total. The van der Waals surface area contributed by atoms with E-state index in [9.17, 15) is 4.79 Å². The van der Waals surface area contributed by atoms with Gasteiger partial charge < -0.3 is 9.84 Å². The van der Waals surface area contributed by atoms with Crippen LogP contribution in [0.2, 0.25) is 0 Å². The molecule has 0 atom stereocenters. The standard InChI is InChI=1S/C16H25NO3/c1-12-7-8-13(2)14(11-12)20-10-6-9-17(5)16(3,4)15(18)19/h7-8,11H,6,9-10H2,1-5H3,(H,18,19). The highest BCUT2D eigenvalue weighted by Crippen LogP contribution is 2.19. The maximum atomic E-state index is 11.1. The van der Waals surface area contributed by atoms with E-state index in [1.165, 1.54) is 5.56 Å². The molecule has 4 nitrogen and oxygen atoms in total. The van der Waals surface area contributed by atoms with Gasteiger partial charge in [0.05, 0.1) is 6.61 Å². The van der Waals surface area contributed by atoms with Crippen LogP contribution in [0.4, 0.5) is 0 Å². The summed E-state index contributed by atoms with van der Waals surface area (Å²) in [6, 6.07) is 6.13. The minimum Gasteiger partial charge on any atom is -0.493 e. The van der Waals surface area contributed by atoms with Crippen molar-refractivity contribution >= 4 is 5.97 Å². The largest absolute Gasteiger partial charge is 0.493 e. The molecule has 1 rings (SSSR count). The Morgan fingerprint density at radius 3 is 2.60 bits per heavy atom. The molecule has 0 saturated carbocycles. The van der Waals surface area contributed by atoms with Gasteiger partial charge in [0, 0.05) is 6.54 Å². The number of hydrogen-bond donors (Lipinski definition) is 1. The van der Waals surface area contributed by atoms with Crippen LogP contribution in [0.25, 0.3) is 0 Å². The van der Waals surface area contributed by atoms with Crippen LogP contribution >= 0.6 is 0 Å². The highest BCUT2D eigenvalue weighted by atomic mass is 16.5. The van der Waals surface area contributed by atoms with Crippen molar-refractivity contribution in [2.75, 3.05) is 20.2 Å². The highest BCUT2D eigenvalue weighted by Gasteiger charge is 2.31. The van der Waals surface area contributed by atoms with E-state index in [0.29, 0.717) is 13.2 Å². The predicted octanol–water partition coefficient (Wildman–Crippen LogP) is 2.87. The number of rotatable bonds is 7. The van der Waals surface area contributed by atoms with E-state index in [0.717, 1.165) is 17.7 Å². The first-order valence-electron chi connectivity index (χ1n) is 6.90. The maximum absolute atomic E-state index is 11.1. The second-order valence-electron chi connectivity index (χ2n) is 5.76. The Labute approximate surface area is 121 Å². The van der Waals surface area contributed by atoms with Crippen molar-refractivity contribution in [1.29, 1.82) is 0 Å². The number of carbonyl (C=O) groups is 1. The summed E-state index contributed by atoms with van der Waals surface area (Å²) in [5.74, 6) is 0.0978. The Morgan fingerprint density at radius 1 is 1.35 bits per heavy atom. The lowest BCUT2D eigenvalue weighted by molar-refractivity contribution is -0.148. The summed E-state index contributed by atoms with van der Waals surface area (Å²) in [7, 11) is 1.83. The number of ether oxygens (including phenoxy) is 1. The van der Waals surface area contributed by atoms with Crippen molar-refractivity contribution in [3.8, 4) is 5.75 Å². The molecule has 0 saturated heterocycles. The molecule has 0 bridgehead atoms. The normalized spacial score (nSPS) is 11.7. The fourth-order valence-corrected chi connectivity index (χ4v) is 1.79. The molecule has 4 heteroatoms. The highest BCUT2D eigenvalue weighted by molar-refractivity contribution is 5.77. The van der Waals surface area contributed by atoms with E-state index in [4.69, 9.17) is 9.84 Å². The second kappa shape index (κ2) is 6.75. The van der Waals surface area contributed by atoms with Crippen molar-refractivity contribution in [3.63, 3.8) is 0 Å². The molecule has 112 valence electrons. The zero-order valence-electron chi connectivity index (χ0n) is 13.1. The molecule has 1 aromatic carbocycles. The van der Waals surface area contributed by atoms with Crippen LogP contribution in [-0.2, 0) is 4.79 Å². The Kier molecular flexibility index (Phi) is 5.57. The fraction of sp³-hybridized carbons (Fsp3) is 0.562. The van der Waals surface area contributed by atoms with E-state index >= 15 is 0 Å². The summed E-state index contributed by atoms with van der Waals surface area (Å²) in [4.78, 5) is 13.0. The van der Waals surface area contributed by atoms with Crippen LogP contribution in [0.5, 0.6) is 5.75 Å². The van der Waals surface area contributed by atoms with Crippen LogP contribution < -0.4 is 4.74 Å². The smallest absolute Gasteiger partial charge is 0.323 e. The maximum Gasteiger partial charge on any atom is 0.323 e. The number of hydrogen-bond acceptors (Lipinski definition) is 3. The fourth-order valence-electron chi connectivity index (χ4n) is 1.79. The van der Waals surface area contributed by atoms with Gasteiger partial charge in [-0.1, -0.05) is 12.1 Å². The second-order valence-corrected chi connectivity index (χ2v) is 5.76. The van der Waals surface area contributed by atoms with E-state index in [1.54, 1.807) is 13.8 Å². The van der Waals surface area contributed by atoms with Crippen molar-refractivity contribution < 1.29 is 14.6 Å². The first-order chi connectivity index (χ1) is 9.25. The van der Waals surface area contributed by atoms with E-state index in [-0.39, 0.29) is 0 Å². The minimum atomic E-state index is -0.848. The molecule has 1 aromatic rings. The van der Waals surface area contributed by atoms with Crippen LogP contribution in [0, 0.1) is 13.8 Å². The monoisotopic (exact) mass is 279 g/mol. The number of carboxylic acids is 1. The van der Waals surface area contributed by atoms with Crippen molar-refractivity contribution in [2.24, 2.45) is 0 Å². The molecule has 0 unspecified atom stereocenters. The first-order valence-corrected chi connectivity index (χ1v) is 6.90. The number of benzene rings is 1. The van der Waals surface area contributed by atoms with E-state index < -0.39 is 11.5 Å². The topological polar surface area (TPSA) is 49.8 Å². The minimum absolute atomic E-state index is 0.588. The van der Waals surface area contributed by atoms with Gasteiger partial charge in [-0.15, -0.1) is 0 Å². The van der Waals surface area contributed by atoms with Crippen LogP contribution in [0.1, 0.15) is 31.4 Å². The van der Waals surface area contributed by atoms with Gasteiger partial charge in [0.2, 0.25) is 0 Å². The van der Waals surface area contributed by atoms with Gasteiger partial charge in [-0.2, -0.15) is 0 Å². The van der Waals surface area contributed by atoms with E-state index in [2.05, 4.69) is 6.07 Å². The van der Waals surface area contributed by atoms with Gasteiger partial charge >= 0.3 is 5.97 Å². The lowest BCUT2D eigenvalue weighted by atomic mass is 10.0. The molecule has 0 fully saturated rings. The summed E-state index contributed by atoms with van der Waals surface area (Å²) in [6.45, 7) is 8.75. The molecule has 20 heavy (non-hydrogen) atoms. The lowest BCUT2D eigenvalue weighted by Gasteiger charge is -2.31. The SMILES string of the molecule is Cc1ccc(C)c(OCCCN(C)C(C)(C)C(=O)O)c1. The summed E-state index contributed by atoms with van der Waals surface area (Å²) < 4.78 is 5.77. The molecular weight excluding hydrogens is 254 g/mol. The molecular formula is C16H25NO3. The van der Waals surface area contributed by atoms with Gasteiger partial charge in [-0.25, -0.2) is 0 Å². The molecule has 0 amide bonds. The Balaban J connectivity index is 2.42. The number of aliphatic carboxylic acids is 1. The number of likely N-dealkylation sites (N-methyl/N-ethyl adjacent to an activating group) is 1. The third-order valence-corrected chi connectivity index (χ3v) is 3.72. The molecule has 0 radical (unpaired) electrons.